The number of pyridine rings is 1. The summed E-state index contributed by atoms with van der Waals surface area (Å²) in [6.45, 7) is 1.39. The standard InChI is InChI=1S/C9H12FN3O/c10-7-2-1-3-12-8(7)13-6-9(14)4-11-5-9/h1-3,11,14H,4-6H2,(H,12,13). The number of nitrogens with one attached hydrogen (secondary N) is 2. The van der Waals surface area contributed by atoms with Crippen LogP contribution in [0.15, 0.2) is 18.3 Å². The monoisotopic (exact) mass is 197 g/mol. The molecular formula is C9H12FN3O. The minimum atomic E-state index is -0.760. The average molecular weight is 197 g/mol. The summed E-state index contributed by atoms with van der Waals surface area (Å²) in [6, 6.07) is 2.86. The minimum absolute atomic E-state index is 0.188. The molecule has 1 aromatic heterocycles. The quantitative estimate of drug-likeness (QED) is 0.636. The van der Waals surface area contributed by atoms with Gasteiger partial charge in [-0.1, -0.05) is 0 Å². The maximum Gasteiger partial charge on any atom is 0.165 e. The molecule has 0 saturated carbocycles. The Hall–Kier alpha value is -1.20. The fraction of sp³-hybridized carbons (Fsp3) is 0.444. The van der Waals surface area contributed by atoms with Crippen LogP contribution in [0.1, 0.15) is 0 Å². The fourth-order valence-electron chi connectivity index (χ4n) is 1.30. The van der Waals surface area contributed by atoms with Crippen LogP contribution in [0.3, 0.4) is 0 Å². The molecule has 2 heterocycles. The Bertz CT molecular complexity index is 328. The molecule has 0 bridgehead atoms. The van der Waals surface area contributed by atoms with Gasteiger partial charge in [0.2, 0.25) is 0 Å². The number of anilines is 1. The highest BCUT2D eigenvalue weighted by Gasteiger charge is 2.34. The van der Waals surface area contributed by atoms with Crippen LogP contribution in [0.2, 0.25) is 0 Å². The van der Waals surface area contributed by atoms with Gasteiger partial charge in [0.15, 0.2) is 11.6 Å². The molecule has 0 aliphatic carbocycles. The summed E-state index contributed by atoms with van der Waals surface area (Å²) in [6.07, 6.45) is 1.51. The van der Waals surface area contributed by atoms with Gasteiger partial charge in [0.05, 0.1) is 0 Å². The number of β-amino-alcohol motifs (C(OH)–C–C–N with tert-alkyl or cyclic N) is 1. The zero-order valence-corrected chi connectivity index (χ0v) is 7.63. The van der Waals surface area contributed by atoms with Crippen molar-refractivity contribution in [2.24, 2.45) is 0 Å². The van der Waals surface area contributed by atoms with Crippen molar-refractivity contribution in [1.82, 2.24) is 10.3 Å². The Labute approximate surface area is 81.2 Å². The largest absolute Gasteiger partial charge is 0.385 e. The molecule has 76 valence electrons. The Balaban J connectivity index is 1.95. The lowest BCUT2D eigenvalue weighted by molar-refractivity contribution is 0.00301. The molecule has 5 heteroatoms. The summed E-state index contributed by atoms with van der Waals surface area (Å²) in [5.41, 5.74) is -0.760. The summed E-state index contributed by atoms with van der Waals surface area (Å²) in [7, 11) is 0. The van der Waals surface area contributed by atoms with E-state index < -0.39 is 11.4 Å². The summed E-state index contributed by atoms with van der Waals surface area (Å²) < 4.78 is 13.1. The summed E-state index contributed by atoms with van der Waals surface area (Å²) >= 11 is 0. The maximum absolute atomic E-state index is 13.1. The van der Waals surface area contributed by atoms with Crippen LogP contribution < -0.4 is 10.6 Å². The van der Waals surface area contributed by atoms with E-state index in [4.69, 9.17) is 0 Å². The van der Waals surface area contributed by atoms with Gasteiger partial charge in [-0.15, -0.1) is 0 Å². The second-order valence-electron chi connectivity index (χ2n) is 3.52. The molecule has 0 unspecified atom stereocenters. The lowest BCUT2D eigenvalue weighted by Crippen LogP contribution is -2.63. The van der Waals surface area contributed by atoms with Crippen molar-refractivity contribution in [3.05, 3.63) is 24.1 Å². The summed E-state index contributed by atoms with van der Waals surface area (Å²) in [5.74, 6) is -0.212. The third kappa shape index (κ3) is 1.83. The maximum atomic E-state index is 13.1. The van der Waals surface area contributed by atoms with E-state index in [9.17, 15) is 9.50 Å². The molecule has 1 saturated heterocycles. The number of nitrogens with zero attached hydrogens (tertiary/aromatic N) is 1. The van der Waals surface area contributed by atoms with Crippen LogP contribution in [0, 0.1) is 5.82 Å². The van der Waals surface area contributed by atoms with Gasteiger partial charge in [-0.3, -0.25) is 0 Å². The van der Waals surface area contributed by atoms with Crippen molar-refractivity contribution in [1.29, 1.82) is 0 Å². The smallest absolute Gasteiger partial charge is 0.165 e. The van der Waals surface area contributed by atoms with Crippen molar-refractivity contribution < 1.29 is 9.50 Å². The molecule has 1 aliphatic rings. The van der Waals surface area contributed by atoms with E-state index in [1.54, 1.807) is 0 Å². The second kappa shape index (κ2) is 3.51. The molecule has 0 amide bonds. The first-order valence-corrected chi connectivity index (χ1v) is 4.47. The van der Waals surface area contributed by atoms with Gasteiger partial charge in [-0.05, 0) is 12.1 Å². The van der Waals surface area contributed by atoms with Crippen molar-refractivity contribution in [3.8, 4) is 0 Å². The van der Waals surface area contributed by atoms with Crippen LogP contribution in [-0.4, -0.2) is 35.3 Å². The molecule has 14 heavy (non-hydrogen) atoms. The van der Waals surface area contributed by atoms with E-state index in [0.717, 1.165) is 0 Å². The van der Waals surface area contributed by atoms with E-state index >= 15 is 0 Å². The lowest BCUT2D eigenvalue weighted by atomic mass is 9.97. The first-order chi connectivity index (χ1) is 6.70. The van der Waals surface area contributed by atoms with Crippen LogP contribution in [-0.2, 0) is 0 Å². The van der Waals surface area contributed by atoms with Gasteiger partial charge in [-0.2, -0.15) is 0 Å². The molecular weight excluding hydrogens is 185 g/mol. The molecule has 4 nitrogen and oxygen atoms in total. The molecule has 3 N–H and O–H groups in total. The zero-order chi connectivity index (χ0) is 10.0. The number of rotatable bonds is 3. The molecule has 2 rings (SSSR count). The SMILES string of the molecule is OC1(CNc2ncccc2F)CNC1. The summed E-state index contributed by atoms with van der Waals surface area (Å²) in [4.78, 5) is 3.82. The molecule has 1 aliphatic heterocycles. The number of hydrogen-bond acceptors (Lipinski definition) is 4. The number of hydrogen-bond donors (Lipinski definition) is 3. The predicted octanol–water partition coefficient (Wildman–Crippen LogP) is -0.0331. The Morgan fingerprint density at radius 3 is 3.00 bits per heavy atom. The first kappa shape index (κ1) is 9.36. The van der Waals surface area contributed by atoms with Crippen LogP contribution in [0.4, 0.5) is 10.2 Å². The Morgan fingerprint density at radius 2 is 2.43 bits per heavy atom. The van der Waals surface area contributed by atoms with E-state index in [1.807, 2.05) is 0 Å². The second-order valence-corrected chi connectivity index (χ2v) is 3.52. The summed E-state index contributed by atoms with van der Waals surface area (Å²) in [5, 5.41) is 15.4. The van der Waals surface area contributed by atoms with Gasteiger partial charge in [0.25, 0.3) is 0 Å². The van der Waals surface area contributed by atoms with Crippen molar-refractivity contribution in [2.45, 2.75) is 5.60 Å². The van der Waals surface area contributed by atoms with Gasteiger partial charge in [-0.25, -0.2) is 9.37 Å². The predicted molar refractivity (Wildman–Crippen MR) is 50.5 cm³/mol. The van der Waals surface area contributed by atoms with E-state index in [1.165, 1.54) is 18.3 Å². The molecule has 0 atom stereocenters. The molecule has 1 fully saturated rings. The van der Waals surface area contributed by atoms with Gasteiger partial charge >= 0.3 is 0 Å². The highest BCUT2D eigenvalue weighted by atomic mass is 19.1. The molecule has 1 aromatic rings. The van der Waals surface area contributed by atoms with Crippen molar-refractivity contribution >= 4 is 5.82 Å². The fourth-order valence-corrected chi connectivity index (χ4v) is 1.30. The normalized spacial score (nSPS) is 18.7. The Kier molecular flexibility index (Phi) is 2.35. The third-order valence-corrected chi connectivity index (χ3v) is 2.25. The third-order valence-electron chi connectivity index (χ3n) is 2.25. The van der Waals surface area contributed by atoms with E-state index in [2.05, 4.69) is 15.6 Å². The highest BCUT2D eigenvalue weighted by molar-refractivity contribution is 5.36. The molecule has 0 radical (unpaired) electrons. The van der Waals surface area contributed by atoms with Crippen molar-refractivity contribution in [2.75, 3.05) is 25.0 Å². The zero-order valence-electron chi connectivity index (χ0n) is 7.63. The van der Waals surface area contributed by atoms with Gasteiger partial charge in [0, 0.05) is 25.8 Å². The topological polar surface area (TPSA) is 57.2 Å². The first-order valence-electron chi connectivity index (χ1n) is 4.47. The van der Waals surface area contributed by atoms with Crippen LogP contribution in [0.25, 0.3) is 0 Å². The van der Waals surface area contributed by atoms with Gasteiger partial charge in [0.1, 0.15) is 5.60 Å². The number of halogens is 1. The van der Waals surface area contributed by atoms with Crippen LogP contribution in [0.5, 0.6) is 0 Å². The average Bonchev–Trinajstić information content (AvgIpc) is 2.14. The van der Waals surface area contributed by atoms with Crippen molar-refractivity contribution in [3.63, 3.8) is 0 Å². The van der Waals surface area contributed by atoms with E-state index in [-0.39, 0.29) is 5.82 Å². The van der Waals surface area contributed by atoms with E-state index in [0.29, 0.717) is 19.6 Å². The molecule has 0 spiro atoms. The van der Waals surface area contributed by atoms with Crippen LogP contribution >= 0.6 is 0 Å². The molecule has 0 aromatic carbocycles. The number of aliphatic hydroxyl groups is 1. The Morgan fingerprint density at radius 1 is 1.64 bits per heavy atom. The highest BCUT2D eigenvalue weighted by Crippen LogP contribution is 2.13. The number of aromatic nitrogens is 1. The van der Waals surface area contributed by atoms with Gasteiger partial charge < -0.3 is 15.7 Å². The minimum Gasteiger partial charge on any atom is -0.385 e. The lowest BCUT2D eigenvalue weighted by Gasteiger charge is -2.37.